The summed E-state index contributed by atoms with van der Waals surface area (Å²) in [5, 5.41) is 3.49. The Hall–Kier alpha value is -2.25. The molecule has 8 nitrogen and oxygen atoms in total. The number of amides is 1. The second kappa shape index (κ2) is 6.02. The fourth-order valence-corrected chi connectivity index (χ4v) is 2.81. The van der Waals surface area contributed by atoms with E-state index in [1.54, 1.807) is 29.2 Å². The quantitative estimate of drug-likeness (QED) is 0.507. The highest BCUT2D eigenvalue weighted by Crippen LogP contribution is 2.27. The van der Waals surface area contributed by atoms with Gasteiger partial charge in [0, 0.05) is 30.1 Å². The van der Waals surface area contributed by atoms with Gasteiger partial charge in [0.05, 0.1) is 11.9 Å². The molecule has 1 fully saturated rings. The van der Waals surface area contributed by atoms with Crippen LogP contribution in [-0.2, 0) is 14.8 Å². The Kier molecular flexibility index (Phi) is 4.35. The number of rotatable bonds is 5. The first-order valence-electron chi connectivity index (χ1n) is 6.28. The van der Waals surface area contributed by atoms with E-state index in [4.69, 9.17) is 5.53 Å². The van der Waals surface area contributed by atoms with Crippen molar-refractivity contribution in [1.29, 1.82) is 0 Å². The van der Waals surface area contributed by atoms with Gasteiger partial charge in [-0.2, -0.15) is 0 Å². The number of nitrogens with zero attached hydrogens (tertiary/aromatic N) is 4. The number of anilines is 2. The highest BCUT2D eigenvalue weighted by molar-refractivity contribution is 7.92. The molecule has 1 heterocycles. The van der Waals surface area contributed by atoms with Crippen molar-refractivity contribution in [2.75, 3.05) is 29.0 Å². The molecule has 1 aliphatic rings. The van der Waals surface area contributed by atoms with Gasteiger partial charge in [0.15, 0.2) is 0 Å². The Balaban J connectivity index is 2.16. The molecular formula is C12H15N5O3S. The minimum absolute atomic E-state index is 0.0140. The van der Waals surface area contributed by atoms with Crippen molar-refractivity contribution in [3.8, 4) is 0 Å². The van der Waals surface area contributed by atoms with E-state index >= 15 is 0 Å². The van der Waals surface area contributed by atoms with Gasteiger partial charge in [0.1, 0.15) is 0 Å². The Morgan fingerprint density at radius 2 is 2.29 bits per heavy atom. The lowest BCUT2D eigenvalue weighted by Gasteiger charge is -2.17. The van der Waals surface area contributed by atoms with Crippen LogP contribution in [0.3, 0.4) is 0 Å². The first-order chi connectivity index (χ1) is 9.89. The molecule has 0 saturated carbocycles. The number of benzene rings is 1. The summed E-state index contributed by atoms with van der Waals surface area (Å²) in [7, 11) is -3.36. The van der Waals surface area contributed by atoms with Gasteiger partial charge in [-0.1, -0.05) is 11.2 Å². The Morgan fingerprint density at radius 3 is 2.95 bits per heavy atom. The van der Waals surface area contributed by atoms with Crippen LogP contribution >= 0.6 is 0 Å². The maximum absolute atomic E-state index is 12.0. The zero-order valence-electron chi connectivity index (χ0n) is 11.4. The fourth-order valence-electron chi connectivity index (χ4n) is 2.26. The molecule has 1 aromatic rings. The second-order valence-corrected chi connectivity index (χ2v) is 6.66. The molecule has 0 radical (unpaired) electrons. The minimum Gasteiger partial charge on any atom is -0.312 e. The van der Waals surface area contributed by atoms with Crippen LogP contribution in [0.5, 0.6) is 0 Å². The van der Waals surface area contributed by atoms with Crippen LogP contribution in [0.15, 0.2) is 29.4 Å². The standard InChI is InChI=1S/C12H15N5O3S/c1-21(19,20)15-10-3-2-4-11(6-10)17-8-9(5-12(17)18)7-14-16-13/h2-4,6,9,15H,5,7-8H2,1H3. The maximum atomic E-state index is 12.0. The number of carbonyl (C=O) groups is 1. The lowest BCUT2D eigenvalue weighted by Crippen LogP contribution is -2.24. The van der Waals surface area contributed by atoms with Crippen molar-refractivity contribution >= 4 is 27.3 Å². The Bertz CT molecular complexity index is 697. The third kappa shape index (κ3) is 4.11. The van der Waals surface area contributed by atoms with Crippen LogP contribution in [0, 0.1) is 5.92 Å². The summed E-state index contributed by atoms with van der Waals surface area (Å²) in [5.41, 5.74) is 9.34. The van der Waals surface area contributed by atoms with Crippen LogP contribution in [0.2, 0.25) is 0 Å². The predicted molar refractivity (Wildman–Crippen MR) is 79.4 cm³/mol. The number of azide groups is 1. The van der Waals surface area contributed by atoms with Gasteiger partial charge in [-0.25, -0.2) is 8.42 Å². The topological polar surface area (TPSA) is 115 Å². The molecule has 1 unspecified atom stereocenters. The highest BCUT2D eigenvalue weighted by Gasteiger charge is 2.30. The molecule has 9 heteroatoms. The van der Waals surface area contributed by atoms with E-state index in [0.717, 1.165) is 6.26 Å². The lowest BCUT2D eigenvalue weighted by atomic mass is 10.1. The Labute approximate surface area is 122 Å². The first kappa shape index (κ1) is 15.1. The molecule has 1 N–H and O–H groups in total. The molecular weight excluding hydrogens is 294 g/mol. The molecule has 0 spiro atoms. The zero-order chi connectivity index (χ0) is 15.5. The number of hydrogen-bond donors (Lipinski definition) is 1. The number of carbonyl (C=O) groups excluding carboxylic acids is 1. The molecule has 21 heavy (non-hydrogen) atoms. The van der Waals surface area contributed by atoms with E-state index in [1.807, 2.05) is 0 Å². The van der Waals surface area contributed by atoms with Crippen LogP contribution < -0.4 is 9.62 Å². The van der Waals surface area contributed by atoms with Gasteiger partial charge in [0.25, 0.3) is 0 Å². The van der Waals surface area contributed by atoms with E-state index in [0.29, 0.717) is 24.3 Å². The third-order valence-corrected chi connectivity index (χ3v) is 3.68. The zero-order valence-corrected chi connectivity index (χ0v) is 12.2. The second-order valence-electron chi connectivity index (χ2n) is 4.91. The summed E-state index contributed by atoms with van der Waals surface area (Å²) in [6.45, 7) is 0.736. The predicted octanol–water partition coefficient (Wildman–Crippen LogP) is 1.72. The van der Waals surface area contributed by atoms with Crippen molar-refractivity contribution < 1.29 is 13.2 Å². The van der Waals surface area contributed by atoms with Crippen LogP contribution in [0.25, 0.3) is 10.4 Å². The SMILES string of the molecule is CS(=O)(=O)Nc1cccc(N2CC(CN=[N+]=[N-])CC2=O)c1. The van der Waals surface area contributed by atoms with E-state index in [1.165, 1.54) is 0 Å². The summed E-state index contributed by atoms with van der Waals surface area (Å²) in [5.74, 6) is -0.0791. The summed E-state index contributed by atoms with van der Waals surface area (Å²) in [4.78, 5) is 16.3. The van der Waals surface area contributed by atoms with E-state index in [9.17, 15) is 13.2 Å². The molecule has 112 valence electrons. The van der Waals surface area contributed by atoms with Crippen LogP contribution in [-0.4, -0.2) is 33.7 Å². The number of sulfonamides is 1. The van der Waals surface area contributed by atoms with E-state index in [-0.39, 0.29) is 18.4 Å². The fraction of sp³-hybridized carbons (Fsp3) is 0.417. The molecule has 1 saturated heterocycles. The van der Waals surface area contributed by atoms with Crippen LogP contribution in [0.1, 0.15) is 6.42 Å². The van der Waals surface area contributed by atoms with Crippen molar-refractivity contribution in [2.24, 2.45) is 11.0 Å². The van der Waals surface area contributed by atoms with Gasteiger partial charge in [-0.15, -0.1) is 0 Å². The number of hydrogen-bond acceptors (Lipinski definition) is 4. The molecule has 1 aliphatic heterocycles. The van der Waals surface area contributed by atoms with Gasteiger partial charge >= 0.3 is 0 Å². The molecule has 1 atom stereocenters. The average molecular weight is 309 g/mol. The van der Waals surface area contributed by atoms with Crippen molar-refractivity contribution in [2.45, 2.75) is 6.42 Å². The van der Waals surface area contributed by atoms with Crippen molar-refractivity contribution in [3.05, 3.63) is 34.7 Å². The largest absolute Gasteiger partial charge is 0.312 e. The van der Waals surface area contributed by atoms with Gasteiger partial charge in [-0.05, 0) is 29.6 Å². The summed E-state index contributed by atoms with van der Waals surface area (Å²) in [6.07, 6.45) is 1.39. The molecule has 0 aromatic heterocycles. The van der Waals surface area contributed by atoms with Gasteiger partial charge in [-0.3, -0.25) is 9.52 Å². The van der Waals surface area contributed by atoms with Crippen molar-refractivity contribution in [1.82, 2.24) is 0 Å². The molecule has 0 bridgehead atoms. The van der Waals surface area contributed by atoms with Gasteiger partial charge in [0.2, 0.25) is 15.9 Å². The van der Waals surface area contributed by atoms with E-state index < -0.39 is 10.0 Å². The van der Waals surface area contributed by atoms with E-state index in [2.05, 4.69) is 14.7 Å². The van der Waals surface area contributed by atoms with Crippen molar-refractivity contribution in [3.63, 3.8) is 0 Å². The van der Waals surface area contributed by atoms with Gasteiger partial charge < -0.3 is 4.90 Å². The Morgan fingerprint density at radius 1 is 1.52 bits per heavy atom. The first-order valence-corrected chi connectivity index (χ1v) is 8.17. The summed E-state index contributed by atoms with van der Waals surface area (Å²) < 4.78 is 24.8. The monoisotopic (exact) mass is 309 g/mol. The molecule has 0 aliphatic carbocycles. The average Bonchev–Trinajstić information content (AvgIpc) is 2.76. The summed E-state index contributed by atoms with van der Waals surface area (Å²) >= 11 is 0. The minimum atomic E-state index is -3.36. The summed E-state index contributed by atoms with van der Waals surface area (Å²) in [6, 6.07) is 6.63. The number of nitrogens with one attached hydrogen (secondary N) is 1. The molecule has 1 aromatic carbocycles. The van der Waals surface area contributed by atoms with Crippen LogP contribution in [0.4, 0.5) is 11.4 Å². The highest BCUT2D eigenvalue weighted by atomic mass is 32.2. The molecule has 1 amide bonds. The molecule has 2 rings (SSSR count). The smallest absolute Gasteiger partial charge is 0.229 e. The lowest BCUT2D eigenvalue weighted by molar-refractivity contribution is -0.117. The third-order valence-electron chi connectivity index (χ3n) is 3.07. The normalized spacial score (nSPS) is 18.4. The maximum Gasteiger partial charge on any atom is 0.229 e.